The highest BCUT2D eigenvalue weighted by molar-refractivity contribution is 6.20. The molecule has 0 spiro atoms. The number of fused-ring (bicyclic) bond motifs is 8. The third-order valence-electron chi connectivity index (χ3n) is 12.1. The van der Waals surface area contributed by atoms with Gasteiger partial charge in [-0.1, -0.05) is 164 Å². The zero-order valence-corrected chi connectivity index (χ0v) is 33.1. The van der Waals surface area contributed by atoms with Crippen molar-refractivity contribution in [2.45, 2.75) is 0 Å². The summed E-state index contributed by atoms with van der Waals surface area (Å²) in [5, 5.41) is 6.65. The van der Waals surface area contributed by atoms with Gasteiger partial charge in [-0.25, -0.2) is 0 Å². The largest absolute Gasteiger partial charge is 0.456 e. The van der Waals surface area contributed by atoms with E-state index in [1.165, 1.54) is 27.8 Å². The fourth-order valence-electron chi connectivity index (χ4n) is 9.23. The van der Waals surface area contributed by atoms with Crippen molar-refractivity contribution < 1.29 is 8.83 Å². The Balaban J connectivity index is 1.05. The predicted octanol–water partition coefficient (Wildman–Crippen LogP) is 16.8. The molecule has 2 heterocycles. The number of hydrogen-bond acceptors (Lipinski definition) is 3. The first-order valence-electron chi connectivity index (χ1n) is 20.7. The molecule has 3 heteroatoms. The second-order valence-electron chi connectivity index (χ2n) is 15.6. The van der Waals surface area contributed by atoms with Crippen LogP contribution in [-0.2, 0) is 0 Å². The molecule has 12 aromatic rings. The molecule has 0 saturated carbocycles. The minimum Gasteiger partial charge on any atom is -0.456 e. The van der Waals surface area contributed by atoms with Gasteiger partial charge in [-0.3, -0.25) is 0 Å². The van der Waals surface area contributed by atoms with E-state index >= 15 is 0 Å². The van der Waals surface area contributed by atoms with E-state index in [-0.39, 0.29) is 0 Å². The summed E-state index contributed by atoms with van der Waals surface area (Å²) in [5.74, 6) is 0. The molecule has 61 heavy (non-hydrogen) atoms. The highest BCUT2D eigenvalue weighted by atomic mass is 16.3. The molecule has 0 amide bonds. The molecule has 10 aromatic carbocycles. The van der Waals surface area contributed by atoms with Crippen LogP contribution >= 0.6 is 0 Å². The summed E-state index contributed by atoms with van der Waals surface area (Å²) in [6.07, 6.45) is 0. The van der Waals surface area contributed by atoms with Gasteiger partial charge in [-0.15, -0.1) is 0 Å². The van der Waals surface area contributed by atoms with Crippen molar-refractivity contribution in [2.75, 3.05) is 4.90 Å². The standard InChI is InChI=1S/C58H37NO2/c1-3-14-38(15-4-1)42-31-34-46(51(37-42)39-16-5-2-6-17-39)41-28-32-44(33-29-41)59(52-24-13-27-55-57(52)50-35-30-40-18-7-8-21-48(40)58(50)61-55)45-20-11-19-43(36-45)47-23-12-26-54-56(47)49-22-9-10-25-53(49)60-54/h1-37H. The molecule has 0 aliphatic heterocycles. The summed E-state index contributed by atoms with van der Waals surface area (Å²) in [7, 11) is 0. The molecule has 286 valence electrons. The van der Waals surface area contributed by atoms with Gasteiger partial charge in [0.25, 0.3) is 0 Å². The van der Waals surface area contributed by atoms with Gasteiger partial charge in [0.15, 0.2) is 0 Å². The van der Waals surface area contributed by atoms with Crippen molar-refractivity contribution in [3.05, 3.63) is 224 Å². The van der Waals surface area contributed by atoms with Gasteiger partial charge < -0.3 is 13.7 Å². The Hall–Kier alpha value is -8.14. The maximum atomic E-state index is 6.74. The van der Waals surface area contributed by atoms with Crippen molar-refractivity contribution in [3.8, 4) is 44.5 Å². The number of rotatable bonds is 7. The van der Waals surface area contributed by atoms with Gasteiger partial charge in [0.05, 0.1) is 11.1 Å². The van der Waals surface area contributed by atoms with Crippen molar-refractivity contribution in [3.63, 3.8) is 0 Å². The van der Waals surface area contributed by atoms with E-state index in [1.54, 1.807) is 0 Å². The van der Waals surface area contributed by atoms with Gasteiger partial charge in [-0.05, 0) is 111 Å². The van der Waals surface area contributed by atoms with Crippen LogP contribution in [0.15, 0.2) is 233 Å². The summed E-state index contributed by atoms with van der Waals surface area (Å²) < 4.78 is 13.1. The number of furan rings is 2. The Morgan fingerprint density at radius 3 is 1.77 bits per heavy atom. The summed E-state index contributed by atoms with van der Waals surface area (Å²) in [5.41, 5.74) is 16.0. The van der Waals surface area contributed by atoms with Crippen LogP contribution in [0.1, 0.15) is 0 Å². The first-order valence-corrected chi connectivity index (χ1v) is 20.7. The van der Waals surface area contributed by atoms with Gasteiger partial charge in [-0.2, -0.15) is 0 Å². The Bertz CT molecular complexity index is 3580. The quantitative estimate of drug-likeness (QED) is 0.161. The molecule has 0 saturated heterocycles. The molecular weight excluding hydrogens is 743 g/mol. The van der Waals surface area contributed by atoms with Crippen molar-refractivity contribution in [1.29, 1.82) is 0 Å². The number of anilines is 3. The molecule has 0 aliphatic rings. The first-order chi connectivity index (χ1) is 30.2. The van der Waals surface area contributed by atoms with Crippen LogP contribution < -0.4 is 4.90 Å². The number of nitrogens with zero attached hydrogens (tertiary/aromatic N) is 1. The lowest BCUT2D eigenvalue weighted by atomic mass is 9.91. The molecule has 0 N–H and O–H groups in total. The van der Waals surface area contributed by atoms with Gasteiger partial charge in [0.1, 0.15) is 22.3 Å². The molecule has 3 nitrogen and oxygen atoms in total. The van der Waals surface area contributed by atoms with Crippen LogP contribution in [0.4, 0.5) is 17.1 Å². The lowest BCUT2D eigenvalue weighted by molar-refractivity contribution is 0.669. The third-order valence-corrected chi connectivity index (χ3v) is 12.1. The molecular formula is C58H37NO2. The van der Waals surface area contributed by atoms with Crippen LogP contribution in [0.25, 0.3) is 99.2 Å². The van der Waals surface area contributed by atoms with Crippen molar-refractivity contribution >= 4 is 71.7 Å². The van der Waals surface area contributed by atoms with Gasteiger partial charge >= 0.3 is 0 Å². The Morgan fingerprint density at radius 2 is 0.934 bits per heavy atom. The molecule has 0 bridgehead atoms. The summed E-state index contributed by atoms with van der Waals surface area (Å²) in [6.45, 7) is 0. The monoisotopic (exact) mass is 779 g/mol. The lowest BCUT2D eigenvalue weighted by Gasteiger charge is -2.27. The first kappa shape index (κ1) is 34.9. The highest BCUT2D eigenvalue weighted by Crippen LogP contribution is 2.46. The predicted molar refractivity (Wildman–Crippen MR) is 255 cm³/mol. The van der Waals surface area contributed by atoms with Crippen LogP contribution in [0.5, 0.6) is 0 Å². The van der Waals surface area contributed by atoms with Gasteiger partial charge in [0, 0.05) is 32.9 Å². The fraction of sp³-hybridized carbons (Fsp3) is 0. The maximum Gasteiger partial charge on any atom is 0.143 e. The SMILES string of the molecule is c1ccc(-c2ccc(-c3ccc(N(c4cccc(-c5cccc6oc7ccccc7c56)c4)c4cccc5oc6c7ccccc7ccc6c45)cc3)c(-c3ccccc3)c2)cc1. The molecule has 0 fully saturated rings. The molecule has 0 radical (unpaired) electrons. The van der Waals surface area contributed by atoms with E-state index in [2.05, 4.69) is 217 Å². The van der Waals surface area contributed by atoms with Crippen molar-refractivity contribution in [2.24, 2.45) is 0 Å². The second-order valence-corrected chi connectivity index (χ2v) is 15.6. The minimum atomic E-state index is 0.849. The summed E-state index contributed by atoms with van der Waals surface area (Å²) in [6, 6.07) is 79.9. The molecule has 0 aliphatic carbocycles. The topological polar surface area (TPSA) is 29.5 Å². The van der Waals surface area contributed by atoms with E-state index in [4.69, 9.17) is 8.83 Å². The van der Waals surface area contributed by atoms with Crippen LogP contribution in [0.2, 0.25) is 0 Å². The zero-order chi connectivity index (χ0) is 40.3. The van der Waals surface area contributed by atoms with E-state index in [0.717, 1.165) is 88.4 Å². The van der Waals surface area contributed by atoms with Gasteiger partial charge in [0.2, 0.25) is 0 Å². The maximum absolute atomic E-state index is 6.74. The van der Waals surface area contributed by atoms with Crippen LogP contribution in [0, 0.1) is 0 Å². The van der Waals surface area contributed by atoms with E-state index < -0.39 is 0 Å². The smallest absolute Gasteiger partial charge is 0.143 e. The number of hydrogen-bond donors (Lipinski definition) is 0. The molecule has 0 atom stereocenters. The Morgan fingerprint density at radius 1 is 0.295 bits per heavy atom. The third kappa shape index (κ3) is 5.90. The molecule has 0 unspecified atom stereocenters. The normalized spacial score (nSPS) is 11.6. The summed E-state index contributed by atoms with van der Waals surface area (Å²) >= 11 is 0. The van der Waals surface area contributed by atoms with Crippen LogP contribution in [0.3, 0.4) is 0 Å². The fourth-order valence-corrected chi connectivity index (χ4v) is 9.23. The number of benzene rings is 10. The number of para-hydroxylation sites is 1. The van der Waals surface area contributed by atoms with E-state index in [1.807, 2.05) is 12.1 Å². The minimum absolute atomic E-state index is 0.849. The molecule has 12 rings (SSSR count). The molecule has 2 aromatic heterocycles. The Labute approximate surface area is 353 Å². The van der Waals surface area contributed by atoms with Crippen LogP contribution in [-0.4, -0.2) is 0 Å². The second kappa shape index (κ2) is 14.3. The summed E-state index contributed by atoms with van der Waals surface area (Å²) in [4.78, 5) is 2.38. The van der Waals surface area contributed by atoms with Crippen molar-refractivity contribution in [1.82, 2.24) is 0 Å². The zero-order valence-electron chi connectivity index (χ0n) is 33.1. The Kier molecular flexibility index (Phi) is 8.17. The highest BCUT2D eigenvalue weighted by Gasteiger charge is 2.22. The average Bonchev–Trinajstić information content (AvgIpc) is 3.92. The average molecular weight is 780 g/mol. The van der Waals surface area contributed by atoms with E-state index in [9.17, 15) is 0 Å². The van der Waals surface area contributed by atoms with E-state index in [0.29, 0.717) is 0 Å². The lowest BCUT2D eigenvalue weighted by Crippen LogP contribution is -2.10.